The molecule has 41 heavy (non-hydrogen) atoms. The Hall–Kier alpha value is -3.91. The molecule has 3 aromatic carbocycles. The van der Waals surface area contributed by atoms with Crippen molar-refractivity contribution in [1.82, 2.24) is 9.13 Å². The summed E-state index contributed by atoms with van der Waals surface area (Å²) >= 11 is 14.4. The number of nitrogens with zero attached hydrogens (tertiary/aromatic N) is 3. The molecule has 2 aromatic heterocycles. The maximum absolute atomic E-state index is 14.1. The Morgan fingerprint density at radius 2 is 1.73 bits per heavy atom. The molecule has 0 spiro atoms. The van der Waals surface area contributed by atoms with E-state index in [2.05, 4.69) is 15.6 Å². The minimum absolute atomic E-state index is 0.202. The summed E-state index contributed by atoms with van der Waals surface area (Å²) in [6, 6.07) is 22.3. The van der Waals surface area contributed by atoms with Crippen LogP contribution in [0.2, 0.25) is 10.0 Å². The van der Waals surface area contributed by atoms with E-state index in [4.69, 9.17) is 27.9 Å². The Balaban J connectivity index is 1.53. The molecule has 0 bridgehead atoms. The third-order valence-electron chi connectivity index (χ3n) is 7.12. The average molecular weight is 603 g/mol. The Bertz CT molecular complexity index is 2040. The number of rotatable bonds is 6. The number of aromatic nitrogens is 2. The van der Waals surface area contributed by atoms with Crippen LogP contribution in [0.25, 0.3) is 17.0 Å². The predicted molar refractivity (Wildman–Crippen MR) is 164 cm³/mol. The quantitative estimate of drug-likeness (QED) is 0.221. The van der Waals surface area contributed by atoms with Gasteiger partial charge in [0, 0.05) is 39.3 Å². The fraction of sp³-hybridized carbons (Fsp3) is 0.156. The van der Waals surface area contributed by atoms with Gasteiger partial charge in [-0.05, 0) is 49.2 Å². The van der Waals surface area contributed by atoms with Crippen molar-refractivity contribution in [2.45, 2.75) is 26.4 Å². The number of para-hydroxylation sites is 1. The molecule has 6 rings (SSSR count). The Labute approximate surface area is 250 Å². The van der Waals surface area contributed by atoms with Gasteiger partial charge in [-0.15, -0.1) is 0 Å². The van der Waals surface area contributed by atoms with Gasteiger partial charge in [-0.1, -0.05) is 89.1 Å². The Morgan fingerprint density at radius 1 is 1.02 bits per heavy atom. The summed E-state index contributed by atoms with van der Waals surface area (Å²) < 4.78 is 9.57. The van der Waals surface area contributed by atoms with Crippen LogP contribution in [0.15, 0.2) is 100 Å². The van der Waals surface area contributed by atoms with Crippen molar-refractivity contribution in [3.8, 4) is 0 Å². The fourth-order valence-electron chi connectivity index (χ4n) is 5.26. The molecule has 0 aliphatic carbocycles. The third-order valence-corrected chi connectivity index (χ3v) is 8.82. The van der Waals surface area contributed by atoms with Crippen molar-refractivity contribution in [3.63, 3.8) is 0 Å². The highest BCUT2D eigenvalue weighted by atomic mass is 35.5. The van der Waals surface area contributed by atoms with Gasteiger partial charge in [0.1, 0.15) is 6.04 Å². The van der Waals surface area contributed by atoms with Crippen molar-refractivity contribution < 1.29 is 9.53 Å². The Kier molecular flexibility index (Phi) is 7.43. The van der Waals surface area contributed by atoms with E-state index in [1.54, 1.807) is 24.5 Å². The lowest BCUT2D eigenvalue weighted by atomic mass is 9.96. The van der Waals surface area contributed by atoms with Gasteiger partial charge < -0.3 is 9.30 Å². The molecular formula is C32H25Cl2N3O3S. The van der Waals surface area contributed by atoms with Gasteiger partial charge in [0.25, 0.3) is 5.56 Å². The first-order valence-electron chi connectivity index (χ1n) is 13.1. The zero-order valence-electron chi connectivity index (χ0n) is 22.3. The molecule has 0 saturated heterocycles. The molecule has 0 N–H and O–H groups in total. The van der Waals surface area contributed by atoms with Crippen LogP contribution in [0, 0.1) is 0 Å². The van der Waals surface area contributed by atoms with Crippen molar-refractivity contribution in [2.75, 3.05) is 6.61 Å². The summed E-state index contributed by atoms with van der Waals surface area (Å²) in [5, 5.41) is 2.16. The summed E-state index contributed by atoms with van der Waals surface area (Å²) in [6.45, 7) is 4.29. The van der Waals surface area contributed by atoms with Gasteiger partial charge in [0.2, 0.25) is 0 Å². The lowest BCUT2D eigenvalue weighted by molar-refractivity contribution is -0.139. The van der Waals surface area contributed by atoms with Gasteiger partial charge >= 0.3 is 5.97 Å². The van der Waals surface area contributed by atoms with E-state index in [0.717, 1.165) is 22.0 Å². The number of allylic oxidation sites excluding steroid dienone is 1. The molecule has 3 heterocycles. The highest BCUT2D eigenvalue weighted by Gasteiger charge is 2.34. The zero-order chi connectivity index (χ0) is 28.7. The molecule has 0 fully saturated rings. The average Bonchev–Trinajstić information content (AvgIpc) is 3.46. The van der Waals surface area contributed by atoms with Crippen LogP contribution >= 0.6 is 34.5 Å². The Morgan fingerprint density at radius 3 is 2.49 bits per heavy atom. The normalized spacial score (nSPS) is 15.2. The maximum Gasteiger partial charge on any atom is 0.338 e. The first-order valence-corrected chi connectivity index (χ1v) is 14.7. The minimum Gasteiger partial charge on any atom is -0.463 e. The molecule has 1 aliphatic rings. The van der Waals surface area contributed by atoms with Crippen LogP contribution in [0.4, 0.5) is 0 Å². The molecule has 1 atom stereocenters. The monoisotopic (exact) mass is 601 g/mol. The summed E-state index contributed by atoms with van der Waals surface area (Å²) in [5.74, 6) is -0.518. The van der Waals surface area contributed by atoms with Gasteiger partial charge in [-0.2, -0.15) is 0 Å². The molecule has 5 aromatic rings. The number of carbonyl (C=O) groups is 1. The predicted octanol–water partition coefficient (Wildman–Crippen LogP) is 6.11. The van der Waals surface area contributed by atoms with Gasteiger partial charge in [0.05, 0.1) is 22.4 Å². The number of hydrogen-bond donors (Lipinski definition) is 0. The van der Waals surface area contributed by atoms with Crippen LogP contribution in [0.5, 0.6) is 0 Å². The fourth-order valence-corrected chi connectivity index (χ4v) is 6.73. The maximum atomic E-state index is 14.1. The number of hydrogen-bond acceptors (Lipinski definition) is 5. The van der Waals surface area contributed by atoms with E-state index in [9.17, 15) is 9.59 Å². The first kappa shape index (κ1) is 27.3. The summed E-state index contributed by atoms with van der Waals surface area (Å²) in [5.41, 5.74) is 4.11. The van der Waals surface area contributed by atoms with Crippen molar-refractivity contribution >= 4 is 57.5 Å². The van der Waals surface area contributed by atoms with E-state index in [-0.39, 0.29) is 12.2 Å². The minimum atomic E-state index is -0.761. The topological polar surface area (TPSA) is 65.6 Å². The van der Waals surface area contributed by atoms with E-state index < -0.39 is 12.0 Å². The number of thiazole rings is 1. The molecule has 9 heteroatoms. The number of halogens is 2. The van der Waals surface area contributed by atoms with Crippen molar-refractivity contribution in [1.29, 1.82) is 0 Å². The third kappa shape index (κ3) is 4.95. The second-order valence-corrected chi connectivity index (χ2v) is 11.5. The van der Waals surface area contributed by atoms with Crippen LogP contribution in [0.1, 0.15) is 36.6 Å². The SMILES string of the molecule is CCOC(=O)C1=C(C)N=c2sc(=Cc3cn(Cc4ccccc4Cl)c4ccccc34)c(=O)n2C1c1ccccc1Cl. The molecule has 0 amide bonds. The van der Waals surface area contributed by atoms with Gasteiger partial charge in [0.15, 0.2) is 4.80 Å². The summed E-state index contributed by atoms with van der Waals surface area (Å²) in [4.78, 5) is 32.4. The van der Waals surface area contributed by atoms with Gasteiger partial charge in [-0.3, -0.25) is 9.36 Å². The van der Waals surface area contributed by atoms with Crippen LogP contribution in [-0.2, 0) is 16.1 Å². The molecule has 0 radical (unpaired) electrons. The number of esters is 1. The lowest BCUT2D eigenvalue weighted by Gasteiger charge is -2.25. The van der Waals surface area contributed by atoms with E-state index in [1.807, 2.05) is 72.9 Å². The molecule has 1 aliphatic heterocycles. The summed E-state index contributed by atoms with van der Waals surface area (Å²) in [7, 11) is 0. The molecule has 206 valence electrons. The van der Waals surface area contributed by atoms with E-state index >= 15 is 0 Å². The lowest BCUT2D eigenvalue weighted by Crippen LogP contribution is -2.40. The largest absolute Gasteiger partial charge is 0.463 e. The number of benzene rings is 3. The highest BCUT2D eigenvalue weighted by Crippen LogP contribution is 2.34. The molecular weight excluding hydrogens is 577 g/mol. The number of fused-ring (bicyclic) bond motifs is 2. The van der Waals surface area contributed by atoms with E-state index in [0.29, 0.717) is 42.8 Å². The second kappa shape index (κ2) is 11.2. The number of carbonyl (C=O) groups excluding carboxylic acids is 1. The van der Waals surface area contributed by atoms with Crippen LogP contribution in [0.3, 0.4) is 0 Å². The van der Waals surface area contributed by atoms with Crippen molar-refractivity contribution in [3.05, 3.63) is 137 Å². The second-order valence-electron chi connectivity index (χ2n) is 9.64. The van der Waals surface area contributed by atoms with Crippen molar-refractivity contribution in [2.24, 2.45) is 4.99 Å². The summed E-state index contributed by atoms with van der Waals surface area (Å²) in [6.07, 6.45) is 3.93. The standard InChI is InChI=1S/C32H25Cl2N3O3S/c1-3-40-31(39)28-19(2)35-32-37(29(28)23-12-5-8-14-25(23)34)30(38)27(41-32)16-21-18-36(26-15-9-6-11-22(21)26)17-20-10-4-7-13-24(20)33/h4-16,18,29H,3,17H2,1-2H3. The van der Waals surface area contributed by atoms with Gasteiger partial charge in [-0.25, -0.2) is 9.79 Å². The molecule has 1 unspecified atom stereocenters. The van der Waals surface area contributed by atoms with E-state index in [1.165, 1.54) is 11.3 Å². The highest BCUT2D eigenvalue weighted by molar-refractivity contribution is 7.07. The zero-order valence-corrected chi connectivity index (χ0v) is 24.6. The smallest absolute Gasteiger partial charge is 0.338 e. The number of ether oxygens (including phenoxy) is 1. The van der Waals surface area contributed by atoms with Crippen LogP contribution in [-0.4, -0.2) is 21.7 Å². The molecule has 0 saturated carbocycles. The first-order chi connectivity index (χ1) is 19.9. The molecule has 6 nitrogen and oxygen atoms in total. The van der Waals surface area contributed by atoms with Crippen LogP contribution < -0.4 is 14.9 Å².